The molecule has 0 aliphatic heterocycles. The summed E-state index contributed by atoms with van der Waals surface area (Å²) in [7, 11) is -4.43. The average Bonchev–Trinajstić information content (AvgIpc) is 2.26. The fourth-order valence-corrected chi connectivity index (χ4v) is 3.49. The van der Waals surface area contributed by atoms with Crippen LogP contribution in [0, 0.1) is 6.92 Å². The van der Waals surface area contributed by atoms with Gasteiger partial charge in [-0.3, -0.25) is 0 Å². The Kier molecular flexibility index (Phi) is 5.00. The van der Waals surface area contributed by atoms with Crippen molar-refractivity contribution in [2.75, 3.05) is 25.4 Å². The number of sulfonamides is 1. The quantitative estimate of drug-likeness (QED) is 0.798. The first-order valence-corrected chi connectivity index (χ1v) is 7.06. The minimum Gasteiger partial charge on any atom is -0.398 e. The van der Waals surface area contributed by atoms with E-state index in [0.717, 1.165) is 0 Å². The number of alkyl halides is 3. The first-order chi connectivity index (χ1) is 9.09. The lowest BCUT2D eigenvalue weighted by Crippen LogP contribution is -2.41. The summed E-state index contributed by atoms with van der Waals surface area (Å²) < 4.78 is 62.1. The van der Waals surface area contributed by atoms with Crippen molar-refractivity contribution in [1.82, 2.24) is 4.31 Å². The van der Waals surface area contributed by atoms with Gasteiger partial charge in [-0.25, -0.2) is 8.42 Å². The van der Waals surface area contributed by atoms with Gasteiger partial charge in [-0.1, -0.05) is 12.1 Å². The standard InChI is InChI=1S/C11H15F3N2O3S/c1-8-3-2-4-9(15)10(8)20(18,19)16(5-6-17)7-11(12,13)14/h2-4,17H,5-7,15H2,1H3. The molecule has 0 saturated carbocycles. The van der Waals surface area contributed by atoms with Gasteiger partial charge in [0, 0.05) is 6.54 Å². The molecule has 20 heavy (non-hydrogen) atoms. The Labute approximate surface area is 114 Å². The lowest BCUT2D eigenvalue weighted by Gasteiger charge is -2.24. The zero-order valence-corrected chi connectivity index (χ0v) is 11.5. The molecule has 0 aliphatic rings. The van der Waals surface area contributed by atoms with E-state index < -0.39 is 35.9 Å². The molecule has 0 saturated heterocycles. The fourth-order valence-electron chi connectivity index (χ4n) is 1.75. The number of hydrogen-bond donors (Lipinski definition) is 2. The van der Waals surface area contributed by atoms with E-state index >= 15 is 0 Å². The molecule has 0 amide bonds. The second kappa shape index (κ2) is 5.98. The van der Waals surface area contributed by atoms with E-state index in [2.05, 4.69) is 0 Å². The highest BCUT2D eigenvalue weighted by Crippen LogP contribution is 2.28. The second-order valence-corrected chi connectivity index (χ2v) is 6.05. The van der Waals surface area contributed by atoms with E-state index in [1.54, 1.807) is 0 Å². The van der Waals surface area contributed by atoms with Crippen LogP contribution in [0.2, 0.25) is 0 Å². The zero-order valence-electron chi connectivity index (χ0n) is 10.7. The van der Waals surface area contributed by atoms with Crippen molar-refractivity contribution in [1.29, 1.82) is 0 Å². The number of anilines is 1. The number of benzene rings is 1. The van der Waals surface area contributed by atoms with Crippen molar-refractivity contribution >= 4 is 15.7 Å². The number of nitrogens with zero attached hydrogens (tertiary/aromatic N) is 1. The summed E-state index contributed by atoms with van der Waals surface area (Å²) in [5.41, 5.74) is 5.67. The maximum atomic E-state index is 12.5. The number of halogens is 3. The molecule has 0 unspecified atom stereocenters. The summed E-state index contributed by atoms with van der Waals surface area (Å²) in [6, 6.07) is 4.24. The van der Waals surface area contributed by atoms with Crippen molar-refractivity contribution in [2.45, 2.75) is 18.0 Å². The van der Waals surface area contributed by atoms with Crippen LogP contribution in [0.25, 0.3) is 0 Å². The van der Waals surface area contributed by atoms with Crippen LogP contribution in [-0.2, 0) is 10.0 Å². The molecule has 1 rings (SSSR count). The molecular weight excluding hydrogens is 297 g/mol. The molecule has 0 heterocycles. The second-order valence-electron chi connectivity index (χ2n) is 4.17. The monoisotopic (exact) mass is 312 g/mol. The summed E-state index contributed by atoms with van der Waals surface area (Å²) in [5, 5.41) is 8.78. The van der Waals surface area contributed by atoms with Gasteiger partial charge in [0.1, 0.15) is 11.4 Å². The van der Waals surface area contributed by atoms with Gasteiger partial charge in [0.25, 0.3) is 0 Å². The average molecular weight is 312 g/mol. The maximum Gasteiger partial charge on any atom is 0.402 e. The Hall–Kier alpha value is -1.32. The summed E-state index contributed by atoms with van der Waals surface area (Å²) in [6.07, 6.45) is -4.71. The SMILES string of the molecule is Cc1cccc(N)c1S(=O)(=O)N(CCO)CC(F)(F)F. The van der Waals surface area contributed by atoms with Crippen molar-refractivity contribution in [3.05, 3.63) is 23.8 Å². The van der Waals surface area contributed by atoms with Gasteiger partial charge in [0.15, 0.2) is 0 Å². The number of rotatable bonds is 5. The Bertz CT molecular complexity index is 553. The van der Waals surface area contributed by atoms with Crippen LogP contribution in [0.3, 0.4) is 0 Å². The Morgan fingerprint density at radius 2 is 1.95 bits per heavy atom. The van der Waals surface area contributed by atoms with E-state index in [1.165, 1.54) is 25.1 Å². The maximum absolute atomic E-state index is 12.5. The molecule has 0 spiro atoms. The Morgan fingerprint density at radius 3 is 2.40 bits per heavy atom. The molecular formula is C11H15F3N2O3S. The van der Waals surface area contributed by atoms with Crippen LogP contribution < -0.4 is 5.73 Å². The van der Waals surface area contributed by atoms with Gasteiger partial charge in [-0.15, -0.1) is 0 Å². The molecule has 114 valence electrons. The molecule has 1 aromatic carbocycles. The summed E-state index contributed by atoms with van der Waals surface area (Å²) in [4.78, 5) is -0.363. The van der Waals surface area contributed by atoms with Crippen LogP contribution >= 0.6 is 0 Å². The third kappa shape index (κ3) is 3.84. The molecule has 0 bridgehead atoms. The molecule has 0 aromatic heterocycles. The third-order valence-electron chi connectivity index (χ3n) is 2.55. The fraction of sp³-hybridized carbons (Fsp3) is 0.455. The van der Waals surface area contributed by atoms with E-state index in [4.69, 9.17) is 10.8 Å². The number of aryl methyl sites for hydroxylation is 1. The van der Waals surface area contributed by atoms with Crippen molar-refractivity contribution < 1.29 is 26.7 Å². The molecule has 0 atom stereocenters. The molecule has 0 fully saturated rings. The van der Waals surface area contributed by atoms with Crippen molar-refractivity contribution in [2.24, 2.45) is 0 Å². The smallest absolute Gasteiger partial charge is 0.398 e. The summed E-state index contributed by atoms with van der Waals surface area (Å²) in [5.74, 6) is 0. The topological polar surface area (TPSA) is 83.6 Å². The molecule has 5 nitrogen and oxygen atoms in total. The number of nitrogen functional groups attached to an aromatic ring is 1. The Balaban J connectivity index is 3.30. The number of aliphatic hydroxyl groups excluding tert-OH is 1. The van der Waals surface area contributed by atoms with Crippen LogP contribution in [0.5, 0.6) is 0 Å². The first-order valence-electron chi connectivity index (χ1n) is 5.62. The lowest BCUT2D eigenvalue weighted by atomic mass is 10.2. The van der Waals surface area contributed by atoms with Crippen LogP contribution in [0.15, 0.2) is 23.1 Å². The van der Waals surface area contributed by atoms with Crippen molar-refractivity contribution in [3.63, 3.8) is 0 Å². The summed E-state index contributed by atoms with van der Waals surface area (Å²) >= 11 is 0. The minimum absolute atomic E-state index is 0.130. The minimum atomic E-state index is -4.71. The van der Waals surface area contributed by atoms with Crippen LogP contribution in [-0.4, -0.2) is 43.7 Å². The number of aliphatic hydroxyl groups is 1. The predicted octanol–water partition coefficient (Wildman–Crippen LogP) is 1.12. The van der Waals surface area contributed by atoms with Gasteiger partial charge in [0.2, 0.25) is 10.0 Å². The molecule has 0 aliphatic carbocycles. The highest BCUT2D eigenvalue weighted by molar-refractivity contribution is 7.89. The highest BCUT2D eigenvalue weighted by Gasteiger charge is 2.37. The molecule has 1 aromatic rings. The molecule has 0 radical (unpaired) electrons. The largest absolute Gasteiger partial charge is 0.402 e. The normalized spacial score (nSPS) is 12.9. The van der Waals surface area contributed by atoms with Crippen molar-refractivity contribution in [3.8, 4) is 0 Å². The van der Waals surface area contributed by atoms with E-state index in [0.29, 0.717) is 0 Å². The van der Waals surface area contributed by atoms with Gasteiger partial charge in [-0.2, -0.15) is 17.5 Å². The zero-order chi connectivity index (χ0) is 15.6. The van der Waals surface area contributed by atoms with Crippen LogP contribution in [0.1, 0.15) is 5.56 Å². The lowest BCUT2D eigenvalue weighted by molar-refractivity contribution is -0.136. The highest BCUT2D eigenvalue weighted by atomic mass is 32.2. The van der Waals surface area contributed by atoms with Gasteiger partial charge < -0.3 is 10.8 Å². The number of hydrogen-bond acceptors (Lipinski definition) is 4. The van der Waals surface area contributed by atoms with Gasteiger partial charge in [0.05, 0.1) is 12.3 Å². The third-order valence-corrected chi connectivity index (χ3v) is 4.61. The number of nitrogens with two attached hydrogens (primary N) is 1. The molecule has 9 heteroatoms. The predicted molar refractivity (Wildman–Crippen MR) is 67.5 cm³/mol. The van der Waals surface area contributed by atoms with Crippen LogP contribution in [0.4, 0.5) is 18.9 Å². The van der Waals surface area contributed by atoms with Gasteiger partial charge in [-0.05, 0) is 18.6 Å². The summed E-state index contributed by atoms with van der Waals surface area (Å²) in [6.45, 7) is -1.62. The first kappa shape index (κ1) is 16.7. The van der Waals surface area contributed by atoms with E-state index in [1.807, 2.05) is 0 Å². The van der Waals surface area contributed by atoms with E-state index in [-0.39, 0.29) is 20.5 Å². The van der Waals surface area contributed by atoms with Gasteiger partial charge >= 0.3 is 6.18 Å². The van der Waals surface area contributed by atoms with E-state index in [9.17, 15) is 21.6 Å². The Morgan fingerprint density at radius 1 is 1.35 bits per heavy atom. The molecule has 3 N–H and O–H groups in total.